The Balaban J connectivity index is 2.77. The Morgan fingerprint density at radius 1 is 1.25 bits per heavy atom. The quantitative estimate of drug-likeness (QED) is 0.748. The lowest BCUT2D eigenvalue weighted by Gasteiger charge is -2.37. The van der Waals surface area contributed by atoms with Gasteiger partial charge < -0.3 is 10.0 Å². The molecule has 5 heteroatoms. The van der Waals surface area contributed by atoms with Gasteiger partial charge in [0.1, 0.15) is 5.41 Å². The van der Waals surface area contributed by atoms with Gasteiger partial charge in [0.25, 0.3) is 0 Å². The number of rotatable bonds is 2. The zero-order valence-corrected chi connectivity index (χ0v) is 11.0. The molecule has 1 aliphatic rings. The maximum absolute atomic E-state index is 12.1. The summed E-state index contributed by atoms with van der Waals surface area (Å²) in [5, 5.41) is 9.77. The molecule has 1 fully saturated rings. The van der Waals surface area contributed by atoms with Crippen LogP contribution in [0.2, 0.25) is 0 Å². The Morgan fingerprint density at radius 3 is 2.06 bits per heavy atom. The summed E-state index contributed by atoms with van der Waals surface area (Å²) in [6.45, 7) is 8.35. The van der Waals surface area contributed by atoms with Crippen molar-refractivity contribution in [3.8, 4) is 0 Å². The Morgan fingerprint density at radius 2 is 1.69 bits per heavy atom. The first-order valence-electron chi connectivity index (χ1n) is 5.43. The maximum atomic E-state index is 12.1. The fraction of sp³-hybridized carbons (Fsp3) is 0.818. The van der Waals surface area contributed by atoms with Gasteiger partial charge in [-0.2, -0.15) is 11.8 Å². The molecule has 0 aromatic rings. The van der Waals surface area contributed by atoms with Crippen LogP contribution < -0.4 is 0 Å². The molecule has 16 heavy (non-hydrogen) atoms. The molecule has 2 atom stereocenters. The molecule has 1 rings (SSSR count). The van der Waals surface area contributed by atoms with Crippen molar-refractivity contribution in [3.63, 3.8) is 0 Å². The standard InChI is InChI=1S/C11H19NO3S/c1-7-5-12(6-8(2)16-7)9(13)11(3,4)10(14)15/h7-8H,5-6H2,1-4H3,(H,14,15). The van der Waals surface area contributed by atoms with E-state index in [0.717, 1.165) is 0 Å². The van der Waals surface area contributed by atoms with Gasteiger partial charge in [-0.25, -0.2) is 0 Å². The molecule has 1 N–H and O–H groups in total. The highest BCUT2D eigenvalue weighted by Gasteiger charge is 2.41. The second kappa shape index (κ2) is 4.65. The molecule has 1 heterocycles. The number of hydrogen-bond donors (Lipinski definition) is 1. The molecule has 0 aromatic carbocycles. The minimum absolute atomic E-state index is 0.279. The lowest BCUT2D eigenvalue weighted by molar-refractivity contribution is -0.158. The van der Waals surface area contributed by atoms with Crippen LogP contribution in [0, 0.1) is 5.41 Å². The summed E-state index contributed by atoms with van der Waals surface area (Å²) in [7, 11) is 0. The topological polar surface area (TPSA) is 57.6 Å². The van der Waals surface area contributed by atoms with Gasteiger partial charge >= 0.3 is 5.97 Å². The Kier molecular flexibility index (Phi) is 3.88. The summed E-state index contributed by atoms with van der Waals surface area (Å²) in [6.07, 6.45) is 0. The van der Waals surface area contributed by atoms with E-state index in [1.807, 2.05) is 11.8 Å². The molecule has 0 bridgehead atoms. The molecule has 92 valence electrons. The van der Waals surface area contributed by atoms with Crippen molar-refractivity contribution in [1.82, 2.24) is 4.90 Å². The van der Waals surface area contributed by atoms with Gasteiger partial charge in [-0.05, 0) is 13.8 Å². The summed E-state index contributed by atoms with van der Waals surface area (Å²) in [4.78, 5) is 24.8. The highest BCUT2D eigenvalue weighted by molar-refractivity contribution is 8.00. The monoisotopic (exact) mass is 245 g/mol. The number of carbonyl (C=O) groups excluding carboxylic acids is 1. The molecule has 0 aliphatic carbocycles. The van der Waals surface area contributed by atoms with Gasteiger partial charge in [0.05, 0.1) is 0 Å². The molecule has 2 unspecified atom stereocenters. The van der Waals surface area contributed by atoms with Crippen LogP contribution in [-0.4, -0.2) is 45.5 Å². The smallest absolute Gasteiger partial charge is 0.318 e. The zero-order valence-electron chi connectivity index (χ0n) is 10.2. The molecule has 0 aromatic heterocycles. The van der Waals surface area contributed by atoms with Crippen LogP contribution in [0.1, 0.15) is 27.7 Å². The van der Waals surface area contributed by atoms with Gasteiger partial charge in [0.15, 0.2) is 0 Å². The number of carbonyl (C=O) groups is 2. The SMILES string of the molecule is CC1CN(C(=O)C(C)(C)C(=O)O)CC(C)S1. The van der Waals surface area contributed by atoms with E-state index in [9.17, 15) is 9.59 Å². The van der Waals surface area contributed by atoms with Gasteiger partial charge in [0, 0.05) is 23.6 Å². The fourth-order valence-electron chi connectivity index (χ4n) is 1.83. The van der Waals surface area contributed by atoms with Crippen LogP contribution in [0.3, 0.4) is 0 Å². The number of hydrogen-bond acceptors (Lipinski definition) is 3. The van der Waals surface area contributed by atoms with E-state index < -0.39 is 11.4 Å². The first-order valence-corrected chi connectivity index (χ1v) is 6.37. The number of amides is 1. The first-order chi connectivity index (χ1) is 7.25. The molecule has 0 radical (unpaired) electrons. The molecule has 1 amide bonds. The highest BCUT2D eigenvalue weighted by atomic mass is 32.2. The summed E-state index contributed by atoms with van der Waals surface area (Å²) >= 11 is 1.84. The van der Waals surface area contributed by atoms with Gasteiger partial charge in [-0.3, -0.25) is 9.59 Å². The second-order valence-corrected chi connectivity index (χ2v) is 6.78. The highest BCUT2D eigenvalue weighted by Crippen LogP contribution is 2.28. The first kappa shape index (κ1) is 13.4. The third-order valence-electron chi connectivity index (χ3n) is 2.78. The summed E-state index contributed by atoms with van der Waals surface area (Å²) < 4.78 is 0. The van der Waals surface area contributed by atoms with Crippen LogP contribution in [-0.2, 0) is 9.59 Å². The largest absolute Gasteiger partial charge is 0.480 e. The predicted octanol–water partition coefficient (Wildman–Crippen LogP) is 1.45. The van der Waals surface area contributed by atoms with E-state index >= 15 is 0 Å². The van der Waals surface area contributed by atoms with E-state index in [-0.39, 0.29) is 5.91 Å². The van der Waals surface area contributed by atoms with Crippen molar-refractivity contribution in [2.45, 2.75) is 38.2 Å². The average molecular weight is 245 g/mol. The van der Waals surface area contributed by atoms with E-state index in [4.69, 9.17) is 5.11 Å². The number of carboxylic acids is 1. The van der Waals surface area contributed by atoms with Gasteiger partial charge in [-0.1, -0.05) is 13.8 Å². The minimum atomic E-state index is -1.32. The number of thioether (sulfide) groups is 1. The Labute approximate surface area is 100 Å². The molecule has 1 aliphatic heterocycles. The summed E-state index contributed by atoms with van der Waals surface area (Å²) in [6, 6.07) is 0. The molecule has 4 nitrogen and oxygen atoms in total. The van der Waals surface area contributed by atoms with Crippen LogP contribution in [0.25, 0.3) is 0 Å². The van der Waals surface area contributed by atoms with E-state index in [1.54, 1.807) is 4.90 Å². The van der Waals surface area contributed by atoms with Crippen LogP contribution in [0.5, 0.6) is 0 Å². The number of aliphatic carboxylic acids is 1. The van der Waals surface area contributed by atoms with Gasteiger partial charge in [-0.15, -0.1) is 0 Å². The maximum Gasteiger partial charge on any atom is 0.318 e. The summed E-state index contributed by atoms with van der Waals surface area (Å²) in [5.41, 5.74) is -1.32. The van der Waals surface area contributed by atoms with Crippen molar-refractivity contribution in [1.29, 1.82) is 0 Å². The van der Waals surface area contributed by atoms with Crippen molar-refractivity contribution >= 4 is 23.6 Å². The lowest BCUT2D eigenvalue weighted by atomic mass is 9.91. The summed E-state index contributed by atoms with van der Waals surface area (Å²) in [5.74, 6) is -1.34. The van der Waals surface area contributed by atoms with E-state index in [2.05, 4.69) is 13.8 Å². The minimum Gasteiger partial charge on any atom is -0.480 e. The van der Waals surface area contributed by atoms with E-state index in [1.165, 1.54) is 13.8 Å². The molecule has 1 saturated heterocycles. The zero-order chi connectivity index (χ0) is 12.5. The number of carboxylic acid groups (broad SMARTS) is 1. The third kappa shape index (κ3) is 2.70. The molecular weight excluding hydrogens is 226 g/mol. The van der Waals surface area contributed by atoms with Crippen LogP contribution in [0.15, 0.2) is 0 Å². The second-order valence-electron chi connectivity index (χ2n) is 4.90. The molecule has 0 spiro atoms. The van der Waals surface area contributed by atoms with Crippen LogP contribution >= 0.6 is 11.8 Å². The van der Waals surface area contributed by atoms with Crippen molar-refractivity contribution in [3.05, 3.63) is 0 Å². The average Bonchev–Trinajstić information content (AvgIpc) is 2.14. The molecular formula is C11H19NO3S. The normalized spacial score (nSPS) is 26.6. The van der Waals surface area contributed by atoms with Crippen molar-refractivity contribution < 1.29 is 14.7 Å². The predicted molar refractivity (Wildman–Crippen MR) is 64.5 cm³/mol. The van der Waals surface area contributed by atoms with Crippen LogP contribution in [0.4, 0.5) is 0 Å². The van der Waals surface area contributed by atoms with Crippen molar-refractivity contribution in [2.24, 2.45) is 5.41 Å². The van der Waals surface area contributed by atoms with Crippen molar-refractivity contribution in [2.75, 3.05) is 13.1 Å². The van der Waals surface area contributed by atoms with Gasteiger partial charge in [0.2, 0.25) is 5.91 Å². The molecule has 0 saturated carbocycles. The third-order valence-corrected chi connectivity index (χ3v) is 4.00. The van der Waals surface area contributed by atoms with E-state index in [0.29, 0.717) is 23.6 Å². The number of nitrogens with zero attached hydrogens (tertiary/aromatic N) is 1. The Hall–Kier alpha value is -0.710. The Bertz CT molecular complexity index is 294. The fourth-order valence-corrected chi connectivity index (χ4v) is 3.16. The lowest BCUT2D eigenvalue weighted by Crippen LogP contribution is -2.51.